The Morgan fingerprint density at radius 3 is 2.88 bits per heavy atom. The van der Waals surface area contributed by atoms with Gasteiger partial charge in [0.2, 0.25) is 0 Å². The van der Waals surface area contributed by atoms with E-state index < -0.39 is 0 Å². The first-order chi connectivity index (χ1) is 11.6. The number of carbonyl (C=O) groups is 1. The molecule has 0 radical (unpaired) electrons. The Labute approximate surface area is 144 Å². The van der Waals surface area contributed by atoms with Crippen LogP contribution in [0.5, 0.6) is 0 Å². The zero-order chi connectivity index (χ0) is 16.7. The van der Waals surface area contributed by atoms with E-state index in [0.717, 1.165) is 26.5 Å². The molecular weight excluding hydrogens is 322 g/mol. The van der Waals surface area contributed by atoms with Gasteiger partial charge in [0.25, 0.3) is 5.91 Å². The molecule has 0 N–H and O–H groups in total. The molecule has 1 fully saturated rings. The molecule has 1 aliphatic heterocycles. The number of nitrogens with zero attached hydrogens (tertiary/aromatic N) is 3. The second kappa shape index (κ2) is 6.03. The smallest absolute Gasteiger partial charge is 0.264 e. The summed E-state index contributed by atoms with van der Waals surface area (Å²) in [6.45, 7) is 5.90. The van der Waals surface area contributed by atoms with Crippen molar-refractivity contribution in [1.82, 2.24) is 14.7 Å². The van der Waals surface area contributed by atoms with Gasteiger partial charge in [-0.1, -0.05) is 18.2 Å². The van der Waals surface area contributed by atoms with Gasteiger partial charge in [-0.3, -0.25) is 4.79 Å². The second-order valence-corrected chi connectivity index (χ2v) is 7.13. The minimum absolute atomic E-state index is 0.0883. The molecule has 1 saturated heterocycles. The summed E-state index contributed by atoms with van der Waals surface area (Å²) in [4.78, 5) is 16.5. The number of aromatic nitrogens is 2. The number of hydrogen-bond acceptors (Lipinski definition) is 4. The van der Waals surface area contributed by atoms with Gasteiger partial charge in [-0.15, -0.1) is 11.3 Å². The highest BCUT2D eigenvalue weighted by Crippen LogP contribution is 2.31. The van der Waals surface area contributed by atoms with Crippen LogP contribution in [0.25, 0.3) is 15.9 Å². The van der Waals surface area contributed by atoms with Gasteiger partial charge in [0, 0.05) is 18.5 Å². The van der Waals surface area contributed by atoms with Gasteiger partial charge in [-0.2, -0.15) is 5.10 Å². The maximum atomic E-state index is 12.8. The lowest BCUT2D eigenvalue weighted by Gasteiger charge is -2.30. The number of carbonyl (C=O) groups excluding carboxylic acids is 1. The number of para-hydroxylation sites is 1. The van der Waals surface area contributed by atoms with Gasteiger partial charge in [-0.05, 0) is 32.0 Å². The average molecular weight is 341 g/mol. The SMILES string of the molecule is Cc1nn(-c2ccccc2)c2sc(C(=O)N3CCO[C@H](C)C3)cc12. The van der Waals surface area contributed by atoms with Crippen LogP contribution < -0.4 is 0 Å². The minimum Gasteiger partial charge on any atom is -0.375 e. The maximum Gasteiger partial charge on any atom is 0.264 e. The number of fused-ring (bicyclic) bond motifs is 1. The molecule has 1 atom stereocenters. The molecule has 0 unspecified atom stereocenters. The van der Waals surface area contributed by atoms with Crippen molar-refractivity contribution in [3.05, 3.63) is 47.0 Å². The topological polar surface area (TPSA) is 47.4 Å². The molecule has 0 spiro atoms. The maximum absolute atomic E-state index is 12.8. The Morgan fingerprint density at radius 2 is 2.12 bits per heavy atom. The Kier molecular flexibility index (Phi) is 3.86. The molecular formula is C18H19N3O2S. The number of morpholine rings is 1. The van der Waals surface area contributed by atoms with E-state index in [1.165, 1.54) is 11.3 Å². The number of benzene rings is 1. The molecule has 5 nitrogen and oxygen atoms in total. The zero-order valence-corrected chi connectivity index (χ0v) is 14.5. The highest BCUT2D eigenvalue weighted by molar-refractivity contribution is 7.20. The van der Waals surface area contributed by atoms with Crippen molar-refractivity contribution in [1.29, 1.82) is 0 Å². The number of aryl methyl sites for hydroxylation is 1. The Morgan fingerprint density at radius 1 is 1.33 bits per heavy atom. The van der Waals surface area contributed by atoms with Gasteiger partial charge in [0.05, 0.1) is 29.0 Å². The predicted octanol–water partition coefficient (Wildman–Crippen LogP) is 3.26. The molecule has 0 bridgehead atoms. The minimum atomic E-state index is 0.0883. The number of hydrogen-bond donors (Lipinski definition) is 0. The number of thiophene rings is 1. The summed E-state index contributed by atoms with van der Waals surface area (Å²) in [5.74, 6) is 0.0883. The monoisotopic (exact) mass is 341 g/mol. The zero-order valence-electron chi connectivity index (χ0n) is 13.7. The van der Waals surface area contributed by atoms with Crippen molar-refractivity contribution in [3.63, 3.8) is 0 Å². The fourth-order valence-electron chi connectivity index (χ4n) is 3.06. The summed E-state index contributed by atoms with van der Waals surface area (Å²) in [6.07, 6.45) is 0.0959. The lowest BCUT2D eigenvalue weighted by molar-refractivity contribution is -0.0122. The number of rotatable bonds is 2. The lowest BCUT2D eigenvalue weighted by atomic mass is 10.2. The molecule has 4 rings (SSSR count). The molecule has 3 heterocycles. The Bertz CT molecular complexity index is 884. The van der Waals surface area contributed by atoms with Crippen molar-refractivity contribution in [2.24, 2.45) is 0 Å². The van der Waals surface area contributed by atoms with Gasteiger partial charge >= 0.3 is 0 Å². The van der Waals surface area contributed by atoms with Crippen LogP contribution in [-0.4, -0.2) is 46.4 Å². The molecule has 0 saturated carbocycles. The number of amides is 1. The summed E-state index contributed by atoms with van der Waals surface area (Å²) in [7, 11) is 0. The first kappa shape index (κ1) is 15.4. The van der Waals surface area contributed by atoms with E-state index in [-0.39, 0.29) is 12.0 Å². The molecule has 1 aromatic carbocycles. The normalized spacial score (nSPS) is 18.2. The first-order valence-electron chi connectivity index (χ1n) is 8.09. The van der Waals surface area contributed by atoms with Crippen LogP contribution in [0.1, 0.15) is 22.3 Å². The van der Waals surface area contributed by atoms with Crippen LogP contribution in [0, 0.1) is 6.92 Å². The summed E-state index contributed by atoms with van der Waals surface area (Å²) in [5, 5.41) is 5.68. The fraction of sp³-hybridized carbons (Fsp3) is 0.333. The highest BCUT2D eigenvalue weighted by Gasteiger charge is 2.25. The Hall–Kier alpha value is -2.18. The van der Waals surface area contributed by atoms with Crippen molar-refractivity contribution >= 4 is 27.5 Å². The van der Waals surface area contributed by atoms with Gasteiger partial charge in [0.1, 0.15) is 4.83 Å². The predicted molar refractivity (Wildman–Crippen MR) is 95.0 cm³/mol. The van der Waals surface area contributed by atoms with E-state index in [1.807, 2.05) is 59.8 Å². The molecule has 3 aromatic rings. The lowest BCUT2D eigenvalue weighted by Crippen LogP contribution is -2.44. The third-order valence-electron chi connectivity index (χ3n) is 4.28. The molecule has 24 heavy (non-hydrogen) atoms. The molecule has 124 valence electrons. The quantitative estimate of drug-likeness (QED) is 0.719. The second-order valence-electron chi connectivity index (χ2n) is 6.09. The van der Waals surface area contributed by atoms with Crippen molar-refractivity contribution in [2.45, 2.75) is 20.0 Å². The van der Waals surface area contributed by atoms with E-state index in [9.17, 15) is 4.79 Å². The van der Waals surface area contributed by atoms with Gasteiger partial charge in [0.15, 0.2) is 0 Å². The van der Waals surface area contributed by atoms with Crippen LogP contribution in [-0.2, 0) is 4.74 Å². The average Bonchev–Trinajstić information content (AvgIpc) is 3.16. The highest BCUT2D eigenvalue weighted by atomic mass is 32.1. The molecule has 0 aliphatic carbocycles. The Balaban J connectivity index is 1.72. The summed E-state index contributed by atoms with van der Waals surface area (Å²) in [5.41, 5.74) is 1.95. The molecule has 1 amide bonds. The van der Waals surface area contributed by atoms with Crippen LogP contribution in [0.4, 0.5) is 0 Å². The fourth-order valence-corrected chi connectivity index (χ4v) is 4.21. The van der Waals surface area contributed by atoms with Crippen molar-refractivity contribution in [2.75, 3.05) is 19.7 Å². The third-order valence-corrected chi connectivity index (χ3v) is 5.38. The van der Waals surface area contributed by atoms with Crippen molar-refractivity contribution < 1.29 is 9.53 Å². The van der Waals surface area contributed by atoms with E-state index in [0.29, 0.717) is 19.7 Å². The van der Waals surface area contributed by atoms with Crippen LogP contribution in [0.15, 0.2) is 36.4 Å². The van der Waals surface area contributed by atoms with E-state index in [2.05, 4.69) is 5.10 Å². The molecule has 1 aliphatic rings. The van der Waals surface area contributed by atoms with Crippen LogP contribution >= 0.6 is 11.3 Å². The largest absolute Gasteiger partial charge is 0.375 e. The van der Waals surface area contributed by atoms with Gasteiger partial charge < -0.3 is 9.64 Å². The summed E-state index contributed by atoms with van der Waals surface area (Å²) >= 11 is 1.51. The van der Waals surface area contributed by atoms with E-state index in [4.69, 9.17) is 4.74 Å². The van der Waals surface area contributed by atoms with E-state index >= 15 is 0 Å². The summed E-state index contributed by atoms with van der Waals surface area (Å²) < 4.78 is 7.45. The van der Waals surface area contributed by atoms with Crippen molar-refractivity contribution in [3.8, 4) is 5.69 Å². The number of ether oxygens (including phenoxy) is 1. The standard InChI is InChI=1S/C18H19N3O2S/c1-12-11-20(8-9-23-12)17(22)16-10-15-13(2)19-21(18(15)24-16)14-6-4-3-5-7-14/h3-7,10,12H,8-9,11H2,1-2H3/t12-/m1/s1. The first-order valence-corrected chi connectivity index (χ1v) is 8.90. The van der Waals surface area contributed by atoms with E-state index in [1.54, 1.807) is 0 Å². The van der Waals surface area contributed by atoms with Crippen LogP contribution in [0.2, 0.25) is 0 Å². The third kappa shape index (κ3) is 2.61. The molecule has 6 heteroatoms. The summed E-state index contributed by atoms with van der Waals surface area (Å²) in [6, 6.07) is 12.0. The molecule has 2 aromatic heterocycles. The van der Waals surface area contributed by atoms with Crippen LogP contribution in [0.3, 0.4) is 0 Å². The van der Waals surface area contributed by atoms with Gasteiger partial charge in [-0.25, -0.2) is 4.68 Å².